The molecule has 0 radical (unpaired) electrons. The second kappa shape index (κ2) is 8.08. The van der Waals surface area contributed by atoms with Crippen LogP contribution in [0.25, 0.3) is 27.6 Å². The van der Waals surface area contributed by atoms with Gasteiger partial charge in [0, 0.05) is 48.7 Å². The molecule has 4 heterocycles. The summed E-state index contributed by atoms with van der Waals surface area (Å²) >= 11 is 0. The van der Waals surface area contributed by atoms with E-state index in [9.17, 15) is 9.90 Å². The van der Waals surface area contributed by atoms with E-state index in [4.69, 9.17) is 9.72 Å². The van der Waals surface area contributed by atoms with Gasteiger partial charge in [-0.05, 0) is 30.3 Å². The molecule has 1 aliphatic heterocycles. The number of rotatable bonds is 4. The van der Waals surface area contributed by atoms with Crippen LogP contribution >= 0.6 is 0 Å². The molecule has 0 amide bonds. The van der Waals surface area contributed by atoms with Crippen molar-refractivity contribution in [2.24, 2.45) is 7.05 Å². The summed E-state index contributed by atoms with van der Waals surface area (Å²) in [6.07, 6.45) is 1.50. The number of benzene rings is 2. The van der Waals surface area contributed by atoms with E-state index in [1.807, 2.05) is 49.5 Å². The van der Waals surface area contributed by atoms with Crippen molar-refractivity contribution in [3.05, 3.63) is 64.6 Å². The highest BCUT2D eigenvalue weighted by atomic mass is 16.5. The monoisotopic (exact) mass is 457 g/mol. The molecule has 6 rings (SSSR count). The maximum atomic E-state index is 13.2. The molecule has 2 N–H and O–H groups in total. The molecule has 0 unspecified atom stereocenters. The van der Waals surface area contributed by atoms with Crippen LogP contribution in [-0.2, 0) is 18.4 Å². The second-order valence-corrected chi connectivity index (χ2v) is 8.25. The van der Waals surface area contributed by atoms with Gasteiger partial charge in [-0.3, -0.25) is 9.48 Å². The molecule has 3 aromatic heterocycles. The minimum atomic E-state index is -0.220. The first-order valence-electron chi connectivity index (χ1n) is 11.1. The number of hydrogen-bond acceptors (Lipinski definition) is 8. The van der Waals surface area contributed by atoms with Crippen LogP contribution in [0.1, 0.15) is 5.56 Å². The lowest BCUT2D eigenvalue weighted by atomic mass is 10.1. The predicted octanol–water partition coefficient (Wildman–Crippen LogP) is 2.20. The van der Waals surface area contributed by atoms with Crippen molar-refractivity contribution in [1.82, 2.24) is 24.1 Å². The van der Waals surface area contributed by atoms with E-state index >= 15 is 0 Å². The largest absolute Gasteiger partial charge is 0.392 e. The van der Waals surface area contributed by atoms with Crippen molar-refractivity contribution in [1.29, 1.82) is 0 Å². The minimum Gasteiger partial charge on any atom is -0.392 e. The molecule has 1 fully saturated rings. The maximum absolute atomic E-state index is 13.2. The van der Waals surface area contributed by atoms with Crippen LogP contribution in [0.3, 0.4) is 0 Å². The van der Waals surface area contributed by atoms with Gasteiger partial charge in [-0.25, -0.2) is 9.97 Å². The molecule has 0 bridgehead atoms. The van der Waals surface area contributed by atoms with Crippen LogP contribution in [0.5, 0.6) is 0 Å². The fraction of sp³-hybridized carbons (Fsp3) is 0.250. The number of aliphatic hydroxyl groups is 1. The van der Waals surface area contributed by atoms with E-state index in [2.05, 4.69) is 20.2 Å². The van der Waals surface area contributed by atoms with E-state index in [0.29, 0.717) is 35.8 Å². The number of hydrogen-bond donors (Lipinski definition) is 2. The molecular weight excluding hydrogens is 434 g/mol. The molecule has 2 aromatic carbocycles. The Hall–Kier alpha value is -4.02. The van der Waals surface area contributed by atoms with Gasteiger partial charge in [0.2, 0.25) is 5.95 Å². The first-order valence-corrected chi connectivity index (χ1v) is 11.1. The summed E-state index contributed by atoms with van der Waals surface area (Å²) < 4.78 is 8.76. The fourth-order valence-electron chi connectivity index (χ4n) is 4.56. The lowest BCUT2D eigenvalue weighted by molar-refractivity contribution is 0.122. The highest BCUT2D eigenvalue weighted by molar-refractivity contribution is 5.94. The van der Waals surface area contributed by atoms with E-state index in [1.54, 1.807) is 9.20 Å². The third-order valence-corrected chi connectivity index (χ3v) is 6.26. The van der Waals surface area contributed by atoms with Crippen LogP contribution < -0.4 is 15.8 Å². The molecule has 1 aliphatic rings. The number of anilines is 3. The van der Waals surface area contributed by atoms with Gasteiger partial charge in [-0.2, -0.15) is 9.50 Å². The van der Waals surface area contributed by atoms with Crippen LogP contribution in [0.4, 0.5) is 17.3 Å². The average molecular weight is 457 g/mol. The van der Waals surface area contributed by atoms with Gasteiger partial charge < -0.3 is 20.1 Å². The van der Waals surface area contributed by atoms with Crippen molar-refractivity contribution >= 4 is 44.9 Å². The smallest absolute Gasteiger partial charge is 0.283 e. The Balaban J connectivity index is 1.39. The topological polar surface area (TPSA) is 110 Å². The van der Waals surface area contributed by atoms with Gasteiger partial charge in [-0.1, -0.05) is 12.1 Å². The van der Waals surface area contributed by atoms with Crippen molar-refractivity contribution in [3.63, 3.8) is 0 Å². The third-order valence-electron chi connectivity index (χ3n) is 6.26. The number of para-hydroxylation sites is 1. The lowest BCUT2D eigenvalue weighted by Gasteiger charge is -2.30. The number of fused-ring (bicyclic) bond motifs is 4. The molecule has 0 atom stereocenters. The Morgan fingerprint density at radius 3 is 2.74 bits per heavy atom. The van der Waals surface area contributed by atoms with E-state index in [1.165, 1.54) is 6.20 Å². The summed E-state index contributed by atoms with van der Waals surface area (Å²) in [4.78, 5) is 28.9. The van der Waals surface area contributed by atoms with Crippen LogP contribution in [0.2, 0.25) is 0 Å². The molecule has 0 saturated carbocycles. The van der Waals surface area contributed by atoms with Gasteiger partial charge in [0.1, 0.15) is 5.39 Å². The molecule has 0 aliphatic carbocycles. The molecule has 34 heavy (non-hydrogen) atoms. The maximum Gasteiger partial charge on any atom is 0.283 e. The molecule has 0 spiro atoms. The van der Waals surface area contributed by atoms with Crippen molar-refractivity contribution in [2.45, 2.75) is 6.61 Å². The van der Waals surface area contributed by atoms with Gasteiger partial charge in [0.15, 0.2) is 11.3 Å². The quantitative estimate of drug-likeness (QED) is 0.423. The van der Waals surface area contributed by atoms with Crippen LogP contribution in [0, 0.1) is 0 Å². The number of ether oxygens (including phenoxy) is 1. The van der Waals surface area contributed by atoms with E-state index < -0.39 is 0 Å². The number of aryl methyl sites for hydroxylation is 1. The summed E-state index contributed by atoms with van der Waals surface area (Å²) in [5, 5.41) is 14.3. The van der Waals surface area contributed by atoms with E-state index in [-0.39, 0.29) is 12.2 Å². The third kappa shape index (κ3) is 3.27. The summed E-state index contributed by atoms with van der Waals surface area (Å²) in [5.74, 6) is 0.326. The van der Waals surface area contributed by atoms with Crippen molar-refractivity contribution in [3.8, 4) is 0 Å². The zero-order valence-corrected chi connectivity index (χ0v) is 18.6. The van der Waals surface area contributed by atoms with Gasteiger partial charge in [-0.15, -0.1) is 0 Å². The molecule has 10 heteroatoms. The Morgan fingerprint density at radius 2 is 1.91 bits per heavy atom. The summed E-state index contributed by atoms with van der Waals surface area (Å²) in [6, 6.07) is 13.5. The number of nitrogens with zero attached hydrogens (tertiary/aromatic N) is 6. The lowest BCUT2D eigenvalue weighted by Crippen LogP contribution is -2.36. The first-order chi connectivity index (χ1) is 16.6. The predicted molar refractivity (Wildman–Crippen MR) is 130 cm³/mol. The molecular formula is C24H23N7O3. The molecule has 1 saturated heterocycles. The zero-order chi connectivity index (χ0) is 23.2. The first kappa shape index (κ1) is 20.6. The van der Waals surface area contributed by atoms with Crippen molar-refractivity contribution < 1.29 is 9.84 Å². The minimum absolute atomic E-state index is 0.0851. The standard InChI is InChI=1S/C24H23N7O3/c1-29-20-5-3-2-4-17(20)22-27-21-18(23(33)31(22)29)13-25-24(28-21)26-16-6-7-19(15(12-16)14-32)30-8-10-34-11-9-30/h2-7,12-13,32H,8-11,14H2,1H3,(H,25,26,28). The summed E-state index contributed by atoms with van der Waals surface area (Å²) in [6.45, 7) is 2.84. The van der Waals surface area contributed by atoms with E-state index in [0.717, 1.165) is 40.9 Å². The number of nitrogens with one attached hydrogen (secondary N) is 1. The Bertz CT molecular complexity index is 1600. The Kier molecular flexibility index (Phi) is 4.89. The average Bonchev–Trinajstić information content (AvgIpc) is 3.16. The molecule has 172 valence electrons. The zero-order valence-electron chi connectivity index (χ0n) is 18.6. The normalized spacial score (nSPS) is 14.4. The highest BCUT2D eigenvalue weighted by Gasteiger charge is 2.17. The second-order valence-electron chi connectivity index (χ2n) is 8.25. The van der Waals surface area contributed by atoms with Gasteiger partial charge >= 0.3 is 0 Å². The van der Waals surface area contributed by atoms with Crippen LogP contribution in [0.15, 0.2) is 53.5 Å². The molecule has 10 nitrogen and oxygen atoms in total. The summed E-state index contributed by atoms with van der Waals surface area (Å²) in [5.41, 5.74) is 4.10. The fourth-order valence-corrected chi connectivity index (χ4v) is 4.56. The van der Waals surface area contributed by atoms with Gasteiger partial charge in [0.05, 0.1) is 25.3 Å². The number of morpholine rings is 1. The van der Waals surface area contributed by atoms with Gasteiger partial charge in [0.25, 0.3) is 5.56 Å². The Morgan fingerprint density at radius 1 is 1.09 bits per heavy atom. The molecule has 5 aromatic rings. The highest BCUT2D eigenvalue weighted by Crippen LogP contribution is 2.27. The SMILES string of the molecule is Cn1c2ccccc2c2nc3nc(Nc4ccc(N5CCOCC5)c(CO)c4)ncc3c(=O)n21. The number of aliphatic hydroxyl groups excluding tert-OH is 1. The summed E-state index contributed by atoms with van der Waals surface area (Å²) in [7, 11) is 1.83. The Labute approximate surface area is 194 Å². The van der Waals surface area contributed by atoms with Crippen LogP contribution in [-0.4, -0.2) is 55.6 Å². The van der Waals surface area contributed by atoms with Crippen molar-refractivity contribution in [2.75, 3.05) is 36.5 Å². The number of aromatic nitrogens is 5.